The molecule has 0 spiro atoms. The Hall–Kier alpha value is -0.390. The molecule has 1 atom stereocenters. The van der Waals surface area contributed by atoms with E-state index in [4.69, 9.17) is 5.73 Å². The predicted octanol–water partition coefficient (Wildman–Crippen LogP) is 2.14. The Morgan fingerprint density at radius 1 is 1.35 bits per heavy atom. The summed E-state index contributed by atoms with van der Waals surface area (Å²) in [4.78, 5) is 0. The Morgan fingerprint density at radius 3 is 2.35 bits per heavy atom. The van der Waals surface area contributed by atoms with E-state index in [9.17, 15) is 8.42 Å². The van der Waals surface area contributed by atoms with E-state index in [0.29, 0.717) is 6.42 Å². The zero-order valence-electron chi connectivity index (χ0n) is 10.3. The number of nitrogens with two attached hydrogens (primary N) is 1. The van der Waals surface area contributed by atoms with Gasteiger partial charge in [0.15, 0.2) is 9.84 Å². The van der Waals surface area contributed by atoms with Crippen molar-refractivity contribution >= 4 is 25.8 Å². The lowest BCUT2D eigenvalue weighted by molar-refractivity contribution is 0.481. The second-order valence-electron chi connectivity index (χ2n) is 4.78. The van der Waals surface area contributed by atoms with Crippen LogP contribution < -0.4 is 5.73 Å². The average Bonchev–Trinajstić information content (AvgIpc) is 2.19. The van der Waals surface area contributed by atoms with Crippen molar-refractivity contribution < 1.29 is 8.42 Å². The minimum absolute atomic E-state index is 0.434. The lowest BCUT2D eigenvalue weighted by atomic mass is 9.96. The highest BCUT2D eigenvalue weighted by Gasteiger charge is 2.36. The van der Waals surface area contributed by atoms with Gasteiger partial charge in [-0.15, -0.1) is 0 Å². The van der Waals surface area contributed by atoms with Crippen molar-refractivity contribution in [1.29, 1.82) is 0 Å². The van der Waals surface area contributed by atoms with Gasteiger partial charge in [0.1, 0.15) is 0 Å². The summed E-state index contributed by atoms with van der Waals surface area (Å²) >= 11 is 3.44. The largest absolute Gasteiger partial charge is 0.326 e. The molecule has 2 N–H and O–H groups in total. The van der Waals surface area contributed by atoms with Gasteiger partial charge in [0.25, 0.3) is 0 Å². The fraction of sp³-hybridized carbons (Fsp3) is 0.500. The molecule has 1 aromatic rings. The minimum Gasteiger partial charge on any atom is -0.326 e. The Bertz CT molecular complexity index is 497. The van der Waals surface area contributed by atoms with Crippen LogP contribution in [0.15, 0.2) is 28.7 Å². The number of benzene rings is 1. The fourth-order valence-corrected chi connectivity index (χ4v) is 2.50. The predicted molar refractivity (Wildman–Crippen MR) is 74.7 cm³/mol. The molecule has 0 saturated heterocycles. The van der Waals surface area contributed by atoms with Crippen molar-refractivity contribution in [3.8, 4) is 0 Å². The van der Waals surface area contributed by atoms with Gasteiger partial charge in [-0.2, -0.15) is 0 Å². The Balaban J connectivity index is 2.95. The standard InChI is InChI=1S/C12H18BrNO2S/c1-12(2,17(3,15)16)11(14)8-9-6-4-5-7-10(9)13/h4-7,11H,8,14H2,1-3H3. The molecule has 96 valence electrons. The maximum Gasteiger partial charge on any atom is 0.154 e. The molecule has 0 aliphatic carbocycles. The van der Waals surface area contributed by atoms with Crippen LogP contribution in [0.5, 0.6) is 0 Å². The van der Waals surface area contributed by atoms with E-state index in [0.717, 1.165) is 10.0 Å². The van der Waals surface area contributed by atoms with Crippen LogP contribution in [-0.2, 0) is 16.3 Å². The molecule has 0 aromatic heterocycles. The van der Waals surface area contributed by atoms with Gasteiger partial charge in [0.05, 0.1) is 4.75 Å². The third-order valence-electron chi connectivity index (χ3n) is 3.25. The SMILES string of the molecule is CC(C)(C(N)Cc1ccccc1Br)S(C)(=O)=O. The molecule has 1 unspecified atom stereocenters. The van der Waals surface area contributed by atoms with Crippen molar-refractivity contribution in [1.82, 2.24) is 0 Å². The lowest BCUT2D eigenvalue weighted by Crippen LogP contribution is -2.50. The third kappa shape index (κ3) is 3.30. The first-order valence-electron chi connectivity index (χ1n) is 5.35. The minimum atomic E-state index is -3.17. The first-order chi connectivity index (χ1) is 7.66. The molecule has 17 heavy (non-hydrogen) atoms. The maximum absolute atomic E-state index is 11.7. The molecule has 3 nitrogen and oxygen atoms in total. The van der Waals surface area contributed by atoms with Crippen LogP contribution in [0.4, 0.5) is 0 Å². The lowest BCUT2D eigenvalue weighted by Gasteiger charge is -2.30. The first-order valence-corrected chi connectivity index (χ1v) is 8.03. The van der Waals surface area contributed by atoms with Crippen LogP contribution >= 0.6 is 15.9 Å². The van der Waals surface area contributed by atoms with E-state index >= 15 is 0 Å². The summed E-state index contributed by atoms with van der Waals surface area (Å²) in [6, 6.07) is 7.27. The number of sulfone groups is 1. The molecule has 1 rings (SSSR count). The molecule has 0 radical (unpaired) electrons. The quantitative estimate of drug-likeness (QED) is 0.925. The second-order valence-corrected chi connectivity index (χ2v) is 8.23. The van der Waals surface area contributed by atoms with E-state index in [-0.39, 0.29) is 0 Å². The number of rotatable bonds is 4. The van der Waals surface area contributed by atoms with Crippen LogP contribution in [0.2, 0.25) is 0 Å². The molecule has 0 aliphatic rings. The van der Waals surface area contributed by atoms with E-state index in [1.54, 1.807) is 13.8 Å². The molecule has 1 aromatic carbocycles. The van der Waals surface area contributed by atoms with Gasteiger partial charge in [0.2, 0.25) is 0 Å². The molecular weight excluding hydrogens is 302 g/mol. The van der Waals surface area contributed by atoms with Crippen LogP contribution in [-0.4, -0.2) is 25.5 Å². The van der Waals surface area contributed by atoms with Gasteiger partial charge in [-0.25, -0.2) is 8.42 Å². The average molecular weight is 320 g/mol. The van der Waals surface area contributed by atoms with Crippen molar-refractivity contribution in [2.24, 2.45) is 5.73 Å². The van der Waals surface area contributed by atoms with Crippen LogP contribution in [0.3, 0.4) is 0 Å². The van der Waals surface area contributed by atoms with Crippen molar-refractivity contribution in [3.05, 3.63) is 34.3 Å². The molecule has 0 bridgehead atoms. The van der Waals surface area contributed by atoms with Gasteiger partial charge in [-0.05, 0) is 31.9 Å². The van der Waals surface area contributed by atoms with Crippen molar-refractivity contribution in [3.63, 3.8) is 0 Å². The summed E-state index contributed by atoms with van der Waals surface area (Å²) < 4.78 is 23.4. The van der Waals surface area contributed by atoms with E-state index in [1.807, 2.05) is 24.3 Å². The first kappa shape index (κ1) is 14.7. The summed E-state index contributed by atoms with van der Waals surface area (Å²) in [5.74, 6) is 0. The van der Waals surface area contributed by atoms with Crippen LogP contribution in [0.1, 0.15) is 19.4 Å². The van der Waals surface area contributed by atoms with Gasteiger partial charge in [0, 0.05) is 16.8 Å². The number of halogens is 1. The van der Waals surface area contributed by atoms with E-state index in [2.05, 4.69) is 15.9 Å². The van der Waals surface area contributed by atoms with Crippen molar-refractivity contribution in [2.45, 2.75) is 31.1 Å². The van der Waals surface area contributed by atoms with E-state index < -0.39 is 20.6 Å². The van der Waals surface area contributed by atoms with Gasteiger partial charge in [-0.1, -0.05) is 34.1 Å². The van der Waals surface area contributed by atoms with Gasteiger partial charge >= 0.3 is 0 Å². The normalized spacial score (nSPS) is 14.6. The molecule has 0 saturated carbocycles. The Labute approximate surface area is 111 Å². The fourth-order valence-electron chi connectivity index (χ4n) is 1.42. The van der Waals surface area contributed by atoms with Crippen LogP contribution in [0.25, 0.3) is 0 Å². The van der Waals surface area contributed by atoms with Crippen molar-refractivity contribution in [2.75, 3.05) is 6.26 Å². The maximum atomic E-state index is 11.7. The molecule has 0 fully saturated rings. The molecular formula is C12H18BrNO2S. The second kappa shape index (κ2) is 5.08. The smallest absolute Gasteiger partial charge is 0.154 e. The summed E-state index contributed by atoms with van der Waals surface area (Å²) in [5.41, 5.74) is 7.06. The monoisotopic (exact) mass is 319 g/mol. The zero-order valence-corrected chi connectivity index (χ0v) is 12.7. The third-order valence-corrected chi connectivity index (χ3v) is 6.23. The van der Waals surface area contributed by atoms with E-state index in [1.165, 1.54) is 6.26 Å². The van der Waals surface area contributed by atoms with Crippen LogP contribution in [0, 0.1) is 0 Å². The van der Waals surface area contributed by atoms with Gasteiger partial charge in [-0.3, -0.25) is 0 Å². The summed E-state index contributed by atoms with van der Waals surface area (Å²) in [6.07, 6.45) is 1.76. The Kier molecular flexibility index (Phi) is 4.38. The molecule has 5 heteroatoms. The van der Waals surface area contributed by atoms with Gasteiger partial charge < -0.3 is 5.73 Å². The molecule has 0 aliphatic heterocycles. The highest BCUT2D eigenvalue weighted by atomic mass is 79.9. The molecule has 0 heterocycles. The summed E-state index contributed by atoms with van der Waals surface area (Å²) in [6.45, 7) is 3.34. The number of hydrogen-bond donors (Lipinski definition) is 1. The summed E-state index contributed by atoms with van der Waals surface area (Å²) in [5, 5.41) is 0. The summed E-state index contributed by atoms with van der Waals surface area (Å²) in [7, 11) is -3.17. The Morgan fingerprint density at radius 2 is 1.88 bits per heavy atom. The zero-order chi connectivity index (χ0) is 13.3. The topological polar surface area (TPSA) is 60.2 Å². The highest BCUT2D eigenvalue weighted by molar-refractivity contribution is 9.10. The highest BCUT2D eigenvalue weighted by Crippen LogP contribution is 2.24. The number of hydrogen-bond acceptors (Lipinski definition) is 3. The molecule has 0 amide bonds.